The molecule has 0 saturated heterocycles. The summed E-state index contributed by atoms with van der Waals surface area (Å²) in [5.74, 6) is 0.384. The number of aromatic nitrogens is 1. The Balaban J connectivity index is 1.94. The lowest BCUT2D eigenvalue weighted by Crippen LogP contribution is -2.35. The van der Waals surface area contributed by atoms with E-state index in [-0.39, 0.29) is 18.0 Å². The maximum absolute atomic E-state index is 12.3. The predicted octanol–water partition coefficient (Wildman–Crippen LogP) is 2.90. The first-order valence-electron chi connectivity index (χ1n) is 7.18. The number of hydrogen-bond donors (Lipinski definition) is 2. The molecule has 0 aromatic carbocycles. The van der Waals surface area contributed by atoms with E-state index >= 15 is 0 Å². The van der Waals surface area contributed by atoms with Crippen LogP contribution in [0.1, 0.15) is 55.6 Å². The average molecular weight is 290 g/mol. The first kappa shape index (κ1) is 15.4. The van der Waals surface area contributed by atoms with Gasteiger partial charge in [-0.1, -0.05) is 0 Å². The molecule has 0 radical (unpaired) electrons. The van der Waals surface area contributed by atoms with E-state index in [4.69, 9.17) is 4.42 Å². The van der Waals surface area contributed by atoms with Crippen LogP contribution >= 0.6 is 0 Å². The van der Waals surface area contributed by atoms with Gasteiger partial charge in [-0.15, -0.1) is 0 Å². The van der Waals surface area contributed by atoms with Crippen molar-refractivity contribution in [2.45, 2.75) is 45.4 Å². The van der Waals surface area contributed by atoms with E-state index in [1.54, 1.807) is 18.2 Å². The van der Waals surface area contributed by atoms with Crippen molar-refractivity contribution in [3.8, 4) is 0 Å². The van der Waals surface area contributed by atoms with E-state index in [1.807, 2.05) is 37.6 Å². The fourth-order valence-corrected chi connectivity index (χ4v) is 2.33. The Morgan fingerprint density at radius 3 is 2.71 bits per heavy atom. The van der Waals surface area contributed by atoms with Gasteiger partial charge < -0.3 is 19.4 Å². The molecule has 2 rings (SSSR count). The fourth-order valence-electron chi connectivity index (χ4n) is 2.33. The van der Waals surface area contributed by atoms with Gasteiger partial charge in [0.25, 0.3) is 5.91 Å². The number of rotatable bonds is 6. The number of furan rings is 1. The Hall–Kier alpha value is -2.01. The van der Waals surface area contributed by atoms with Crippen LogP contribution in [0.5, 0.6) is 0 Å². The number of nitrogens with zero attached hydrogens (tertiary/aromatic N) is 1. The van der Waals surface area contributed by atoms with Crippen molar-refractivity contribution >= 4 is 5.91 Å². The van der Waals surface area contributed by atoms with Crippen LogP contribution < -0.4 is 5.32 Å². The van der Waals surface area contributed by atoms with Crippen LogP contribution in [0.2, 0.25) is 0 Å². The molecule has 0 saturated carbocycles. The van der Waals surface area contributed by atoms with Crippen molar-refractivity contribution in [3.63, 3.8) is 0 Å². The van der Waals surface area contributed by atoms with Crippen LogP contribution in [-0.2, 0) is 0 Å². The third-order valence-electron chi connectivity index (χ3n) is 3.39. The monoisotopic (exact) mass is 290 g/mol. The topological polar surface area (TPSA) is 67.4 Å². The summed E-state index contributed by atoms with van der Waals surface area (Å²) in [7, 11) is 0. The summed E-state index contributed by atoms with van der Waals surface area (Å²) < 4.78 is 7.08. The minimum Gasteiger partial charge on any atom is -0.467 e. The highest BCUT2D eigenvalue weighted by Gasteiger charge is 2.19. The molecule has 5 nitrogen and oxygen atoms in total. The molecular formula is C16H22N2O3. The van der Waals surface area contributed by atoms with E-state index < -0.39 is 6.10 Å². The lowest BCUT2D eigenvalue weighted by Gasteiger charge is -2.18. The summed E-state index contributed by atoms with van der Waals surface area (Å²) in [5.41, 5.74) is 0.629. The third-order valence-corrected chi connectivity index (χ3v) is 3.39. The Labute approximate surface area is 124 Å². The van der Waals surface area contributed by atoms with Crippen LogP contribution in [0, 0.1) is 0 Å². The van der Waals surface area contributed by atoms with Crippen molar-refractivity contribution < 1.29 is 14.3 Å². The van der Waals surface area contributed by atoms with E-state index in [1.165, 1.54) is 6.26 Å². The third kappa shape index (κ3) is 3.76. The highest BCUT2D eigenvalue weighted by atomic mass is 16.4. The van der Waals surface area contributed by atoms with Crippen LogP contribution in [0.15, 0.2) is 41.1 Å². The highest BCUT2D eigenvalue weighted by molar-refractivity contribution is 5.92. The van der Waals surface area contributed by atoms with Crippen LogP contribution in [0.4, 0.5) is 0 Å². The molecule has 5 heteroatoms. The number of carbonyl (C=O) groups is 1. The van der Waals surface area contributed by atoms with Gasteiger partial charge in [0.05, 0.1) is 6.26 Å². The maximum Gasteiger partial charge on any atom is 0.268 e. The van der Waals surface area contributed by atoms with Crippen molar-refractivity contribution in [1.29, 1.82) is 0 Å². The van der Waals surface area contributed by atoms with Gasteiger partial charge in [-0.2, -0.15) is 0 Å². The number of aliphatic hydroxyl groups excluding tert-OH is 1. The van der Waals surface area contributed by atoms with Gasteiger partial charge in [-0.05, 0) is 45.0 Å². The van der Waals surface area contributed by atoms with Crippen molar-refractivity contribution in [3.05, 3.63) is 48.2 Å². The normalized spacial score (nSPS) is 14.1. The smallest absolute Gasteiger partial charge is 0.268 e. The van der Waals surface area contributed by atoms with Crippen molar-refractivity contribution in [2.24, 2.45) is 0 Å². The summed E-state index contributed by atoms with van der Waals surface area (Å²) >= 11 is 0. The van der Waals surface area contributed by atoms with Gasteiger partial charge in [0.15, 0.2) is 0 Å². The SMILES string of the molecule is CC(CC(O)c1ccco1)NC(=O)c1cccn1C(C)C. The number of nitrogens with one attached hydrogen (secondary N) is 1. The summed E-state index contributed by atoms with van der Waals surface area (Å²) in [6.07, 6.45) is 3.10. The van der Waals surface area contributed by atoms with Gasteiger partial charge in [0.1, 0.15) is 17.6 Å². The Bertz CT molecular complexity index is 572. The van der Waals surface area contributed by atoms with Crippen LogP contribution in [-0.4, -0.2) is 21.6 Å². The molecule has 2 unspecified atom stereocenters. The summed E-state index contributed by atoms with van der Waals surface area (Å²) in [5, 5.41) is 12.9. The number of aliphatic hydroxyl groups is 1. The Kier molecular flexibility index (Phi) is 4.85. The maximum atomic E-state index is 12.3. The Morgan fingerprint density at radius 2 is 2.10 bits per heavy atom. The molecule has 1 amide bonds. The molecule has 114 valence electrons. The number of hydrogen-bond acceptors (Lipinski definition) is 3. The molecule has 0 aliphatic heterocycles. The minimum atomic E-state index is -0.716. The lowest BCUT2D eigenvalue weighted by molar-refractivity contribution is 0.0893. The lowest BCUT2D eigenvalue weighted by atomic mass is 10.1. The van der Waals surface area contributed by atoms with Crippen molar-refractivity contribution in [1.82, 2.24) is 9.88 Å². The predicted molar refractivity (Wildman–Crippen MR) is 80.0 cm³/mol. The standard InChI is InChI=1S/C16H22N2O3/c1-11(2)18-8-4-6-13(18)16(20)17-12(3)10-14(19)15-7-5-9-21-15/h4-9,11-12,14,19H,10H2,1-3H3,(H,17,20). The van der Waals surface area contributed by atoms with E-state index in [9.17, 15) is 9.90 Å². The molecular weight excluding hydrogens is 268 g/mol. The molecule has 2 heterocycles. The second kappa shape index (κ2) is 6.63. The minimum absolute atomic E-state index is 0.132. The molecule has 2 aromatic heterocycles. The van der Waals surface area contributed by atoms with Gasteiger partial charge >= 0.3 is 0 Å². The molecule has 0 fully saturated rings. The molecule has 0 bridgehead atoms. The molecule has 2 atom stereocenters. The first-order valence-corrected chi connectivity index (χ1v) is 7.18. The second-order valence-corrected chi connectivity index (χ2v) is 5.54. The van der Waals surface area contributed by atoms with E-state index in [0.717, 1.165) is 0 Å². The highest BCUT2D eigenvalue weighted by Crippen LogP contribution is 2.19. The zero-order valence-corrected chi connectivity index (χ0v) is 12.6. The van der Waals surface area contributed by atoms with Crippen molar-refractivity contribution in [2.75, 3.05) is 0 Å². The molecule has 21 heavy (non-hydrogen) atoms. The molecule has 0 aliphatic carbocycles. The fraction of sp³-hybridized carbons (Fsp3) is 0.438. The quantitative estimate of drug-likeness (QED) is 0.859. The number of carbonyl (C=O) groups excluding carboxylic acids is 1. The largest absolute Gasteiger partial charge is 0.467 e. The average Bonchev–Trinajstić information content (AvgIpc) is 3.10. The summed E-state index contributed by atoms with van der Waals surface area (Å²) in [6.45, 7) is 5.93. The zero-order chi connectivity index (χ0) is 15.4. The first-order chi connectivity index (χ1) is 9.99. The van der Waals surface area contributed by atoms with Crippen LogP contribution in [0.25, 0.3) is 0 Å². The van der Waals surface area contributed by atoms with Gasteiger partial charge in [-0.25, -0.2) is 0 Å². The molecule has 0 spiro atoms. The van der Waals surface area contributed by atoms with Gasteiger partial charge in [0, 0.05) is 24.7 Å². The zero-order valence-electron chi connectivity index (χ0n) is 12.6. The molecule has 2 aromatic rings. The second-order valence-electron chi connectivity index (χ2n) is 5.54. The molecule has 2 N–H and O–H groups in total. The summed E-state index contributed by atoms with van der Waals surface area (Å²) in [4.78, 5) is 12.3. The summed E-state index contributed by atoms with van der Waals surface area (Å²) in [6, 6.07) is 7.18. The van der Waals surface area contributed by atoms with E-state index in [0.29, 0.717) is 17.9 Å². The van der Waals surface area contributed by atoms with Gasteiger partial charge in [0.2, 0.25) is 0 Å². The van der Waals surface area contributed by atoms with E-state index in [2.05, 4.69) is 5.32 Å². The van der Waals surface area contributed by atoms with Gasteiger partial charge in [-0.3, -0.25) is 4.79 Å². The Morgan fingerprint density at radius 1 is 1.33 bits per heavy atom. The molecule has 0 aliphatic rings. The van der Waals surface area contributed by atoms with Crippen LogP contribution in [0.3, 0.4) is 0 Å². The number of amides is 1.